The molecule has 1 aliphatic heterocycles. The topological polar surface area (TPSA) is 40.6 Å². The lowest BCUT2D eigenvalue weighted by Gasteiger charge is -2.38. The van der Waals surface area contributed by atoms with Crippen molar-refractivity contribution < 1.29 is 8.42 Å². The van der Waals surface area contributed by atoms with E-state index >= 15 is 0 Å². The van der Waals surface area contributed by atoms with Crippen LogP contribution in [0.1, 0.15) is 24.0 Å². The molecule has 0 spiro atoms. The van der Waals surface area contributed by atoms with E-state index in [-0.39, 0.29) is 6.04 Å². The first-order valence-corrected chi connectivity index (χ1v) is 10.2. The van der Waals surface area contributed by atoms with Crippen LogP contribution in [0.4, 0.5) is 5.69 Å². The SMILES string of the molecule is Cc1ccc(S(=O)(=O)N(C)C2CCCN(c3ccccc3)C2)c(C)c1. The summed E-state index contributed by atoms with van der Waals surface area (Å²) in [6.45, 7) is 5.54. The highest BCUT2D eigenvalue weighted by Crippen LogP contribution is 2.27. The summed E-state index contributed by atoms with van der Waals surface area (Å²) in [5, 5.41) is 0. The van der Waals surface area contributed by atoms with Gasteiger partial charge in [-0.15, -0.1) is 0 Å². The van der Waals surface area contributed by atoms with Crippen molar-refractivity contribution >= 4 is 15.7 Å². The maximum Gasteiger partial charge on any atom is 0.243 e. The molecule has 0 N–H and O–H groups in total. The number of likely N-dealkylation sites (N-methyl/N-ethyl adjacent to an activating group) is 1. The van der Waals surface area contributed by atoms with Crippen molar-refractivity contribution in [3.05, 3.63) is 59.7 Å². The fraction of sp³-hybridized carbons (Fsp3) is 0.400. The Morgan fingerprint density at radius 2 is 1.80 bits per heavy atom. The van der Waals surface area contributed by atoms with Crippen LogP contribution in [-0.2, 0) is 10.0 Å². The molecule has 1 aliphatic rings. The molecule has 5 heteroatoms. The van der Waals surface area contributed by atoms with Gasteiger partial charge in [-0.25, -0.2) is 8.42 Å². The van der Waals surface area contributed by atoms with Gasteiger partial charge in [-0.1, -0.05) is 35.9 Å². The molecule has 1 fully saturated rings. The third-order valence-electron chi connectivity index (χ3n) is 5.02. The molecule has 4 nitrogen and oxygen atoms in total. The smallest absolute Gasteiger partial charge is 0.243 e. The van der Waals surface area contributed by atoms with Crippen LogP contribution in [0, 0.1) is 13.8 Å². The highest BCUT2D eigenvalue weighted by molar-refractivity contribution is 7.89. The number of sulfonamides is 1. The van der Waals surface area contributed by atoms with Crippen LogP contribution in [0.5, 0.6) is 0 Å². The predicted octanol–water partition coefficient (Wildman–Crippen LogP) is 3.59. The van der Waals surface area contributed by atoms with E-state index in [0.29, 0.717) is 4.90 Å². The van der Waals surface area contributed by atoms with E-state index in [0.717, 1.165) is 42.7 Å². The summed E-state index contributed by atoms with van der Waals surface area (Å²) in [5.74, 6) is 0. The van der Waals surface area contributed by atoms with Gasteiger partial charge < -0.3 is 4.90 Å². The summed E-state index contributed by atoms with van der Waals surface area (Å²) in [6.07, 6.45) is 1.89. The Balaban J connectivity index is 1.83. The molecular weight excluding hydrogens is 332 g/mol. The van der Waals surface area contributed by atoms with Crippen molar-refractivity contribution in [3.8, 4) is 0 Å². The van der Waals surface area contributed by atoms with Crippen LogP contribution in [0.3, 0.4) is 0 Å². The molecule has 1 unspecified atom stereocenters. The average molecular weight is 359 g/mol. The van der Waals surface area contributed by atoms with E-state index in [2.05, 4.69) is 17.0 Å². The Bertz CT molecular complexity index is 834. The van der Waals surface area contributed by atoms with Gasteiger partial charge in [-0.05, 0) is 50.5 Å². The number of aryl methyl sites for hydroxylation is 2. The minimum Gasteiger partial charge on any atom is -0.370 e. The Morgan fingerprint density at radius 3 is 2.48 bits per heavy atom. The minimum atomic E-state index is -3.48. The molecule has 1 atom stereocenters. The van der Waals surface area contributed by atoms with Gasteiger partial charge in [0.05, 0.1) is 4.90 Å². The Labute approximate surface area is 151 Å². The van der Waals surface area contributed by atoms with Crippen LogP contribution in [0.15, 0.2) is 53.4 Å². The van der Waals surface area contributed by atoms with Gasteiger partial charge in [0, 0.05) is 31.9 Å². The lowest BCUT2D eigenvalue weighted by molar-refractivity contribution is 0.320. The van der Waals surface area contributed by atoms with E-state index in [4.69, 9.17) is 0 Å². The van der Waals surface area contributed by atoms with E-state index in [1.54, 1.807) is 17.4 Å². The predicted molar refractivity (Wildman–Crippen MR) is 103 cm³/mol. The summed E-state index contributed by atoms with van der Waals surface area (Å²) < 4.78 is 27.8. The lowest BCUT2D eigenvalue weighted by atomic mass is 10.1. The number of benzene rings is 2. The Kier molecular flexibility index (Phi) is 5.16. The van der Waals surface area contributed by atoms with Crippen LogP contribution >= 0.6 is 0 Å². The van der Waals surface area contributed by atoms with Gasteiger partial charge in [0.2, 0.25) is 10.0 Å². The van der Waals surface area contributed by atoms with Crippen LogP contribution in [-0.4, -0.2) is 38.9 Å². The largest absolute Gasteiger partial charge is 0.370 e. The molecule has 1 heterocycles. The van der Waals surface area contributed by atoms with Crippen molar-refractivity contribution in [3.63, 3.8) is 0 Å². The summed E-state index contributed by atoms with van der Waals surface area (Å²) in [7, 11) is -1.77. The first kappa shape index (κ1) is 18.0. The maximum absolute atomic E-state index is 13.1. The number of para-hydroxylation sites is 1. The van der Waals surface area contributed by atoms with Crippen LogP contribution < -0.4 is 4.90 Å². The molecule has 0 radical (unpaired) electrons. The fourth-order valence-corrected chi connectivity index (χ4v) is 5.15. The standard InChI is InChI=1S/C20H26N2O2S/c1-16-11-12-20(17(2)14-16)25(23,24)21(3)19-10-7-13-22(15-19)18-8-5-4-6-9-18/h4-6,8-9,11-12,14,19H,7,10,13,15H2,1-3H3. The van der Waals surface area contributed by atoms with Crippen molar-refractivity contribution in [1.29, 1.82) is 0 Å². The van der Waals surface area contributed by atoms with E-state index < -0.39 is 10.0 Å². The lowest BCUT2D eigenvalue weighted by Crippen LogP contribution is -2.48. The van der Waals surface area contributed by atoms with E-state index in [9.17, 15) is 8.42 Å². The highest BCUT2D eigenvalue weighted by atomic mass is 32.2. The highest BCUT2D eigenvalue weighted by Gasteiger charge is 2.32. The Hall–Kier alpha value is -1.85. The number of piperidine rings is 1. The zero-order valence-electron chi connectivity index (χ0n) is 15.1. The molecule has 0 aliphatic carbocycles. The van der Waals surface area contributed by atoms with Gasteiger partial charge in [-0.3, -0.25) is 0 Å². The van der Waals surface area contributed by atoms with E-state index in [1.165, 1.54) is 0 Å². The van der Waals surface area contributed by atoms with Crippen molar-refractivity contribution in [2.45, 2.75) is 37.6 Å². The monoisotopic (exact) mass is 358 g/mol. The first-order valence-electron chi connectivity index (χ1n) is 8.75. The fourth-order valence-electron chi connectivity index (χ4n) is 3.56. The molecule has 2 aromatic carbocycles. The summed E-state index contributed by atoms with van der Waals surface area (Å²) in [5.41, 5.74) is 3.04. The zero-order chi connectivity index (χ0) is 18.0. The molecule has 0 bridgehead atoms. The summed E-state index contributed by atoms with van der Waals surface area (Å²) >= 11 is 0. The third-order valence-corrected chi connectivity index (χ3v) is 7.09. The van der Waals surface area contributed by atoms with Gasteiger partial charge >= 0.3 is 0 Å². The number of rotatable bonds is 4. The molecule has 134 valence electrons. The van der Waals surface area contributed by atoms with Crippen molar-refractivity contribution in [1.82, 2.24) is 4.31 Å². The van der Waals surface area contributed by atoms with Gasteiger partial charge in [0.15, 0.2) is 0 Å². The molecule has 1 saturated heterocycles. The summed E-state index contributed by atoms with van der Waals surface area (Å²) in [6, 6.07) is 15.7. The molecule has 0 amide bonds. The molecule has 25 heavy (non-hydrogen) atoms. The van der Waals surface area contributed by atoms with Gasteiger partial charge in [-0.2, -0.15) is 4.31 Å². The zero-order valence-corrected chi connectivity index (χ0v) is 16.0. The minimum absolute atomic E-state index is 0.0142. The molecule has 0 saturated carbocycles. The quantitative estimate of drug-likeness (QED) is 0.838. The average Bonchev–Trinajstić information content (AvgIpc) is 2.61. The van der Waals surface area contributed by atoms with Crippen LogP contribution in [0.25, 0.3) is 0 Å². The molecule has 2 aromatic rings. The van der Waals surface area contributed by atoms with Gasteiger partial charge in [0.1, 0.15) is 0 Å². The first-order chi connectivity index (χ1) is 11.9. The number of nitrogens with zero attached hydrogens (tertiary/aromatic N) is 2. The Morgan fingerprint density at radius 1 is 1.08 bits per heavy atom. The van der Waals surface area contributed by atoms with Gasteiger partial charge in [0.25, 0.3) is 0 Å². The number of hydrogen-bond donors (Lipinski definition) is 0. The van der Waals surface area contributed by atoms with Crippen LogP contribution in [0.2, 0.25) is 0 Å². The summed E-state index contributed by atoms with van der Waals surface area (Å²) in [4.78, 5) is 2.69. The van der Waals surface area contributed by atoms with E-state index in [1.807, 2.05) is 44.2 Å². The number of hydrogen-bond acceptors (Lipinski definition) is 3. The number of anilines is 1. The third kappa shape index (κ3) is 3.72. The molecule has 3 rings (SSSR count). The second kappa shape index (κ2) is 7.18. The maximum atomic E-state index is 13.1. The second-order valence-electron chi connectivity index (χ2n) is 6.87. The van der Waals surface area contributed by atoms with Crippen molar-refractivity contribution in [2.75, 3.05) is 25.0 Å². The van der Waals surface area contributed by atoms with Crippen molar-refractivity contribution in [2.24, 2.45) is 0 Å². The molecular formula is C20H26N2O2S. The molecule has 0 aromatic heterocycles. The second-order valence-corrected chi connectivity index (χ2v) is 8.83. The normalized spacial score (nSPS) is 18.6.